The molecule has 0 spiro atoms. The fourth-order valence-electron chi connectivity index (χ4n) is 4.80. The third kappa shape index (κ3) is 3.80. The van der Waals surface area contributed by atoms with Crippen molar-refractivity contribution in [3.05, 3.63) is 93.5 Å². The highest BCUT2D eigenvalue weighted by atomic mass is 35.5. The molecule has 6 rings (SSSR count). The second-order valence-electron chi connectivity index (χ2n) is 9.29. The second kappa shape index (κ2) is 8.88. The number of aromatic hydroxyl groups is 1. The van der Waals surface area contributed by atoms with Crippen LogP contribution in [0.4, 0.5) is 29.2 Å². The number of halogens is 5. The molecule has 1 amide bonds. The molecule has 0 aliphatic carbocycles. The van der Waals surface area contributed by atoms with Crippen molar-refractivity contribution in [2.45, 2.75) is 18.8 Å². The Bertz CT molecular complexity index is 1870. The van der Waals surface area contributed by atoms with Crippen molar-refractivity contribution >= 4 is 34.8 Å². The van der Waals surface area contributed by atoms with E-state index in [-0.39, 0.29) is 52.0 Å². The summed E-state index contributed by atoms with van der Waals surface area (Å²) >= 11 is 5.73. The number of phenols is 1. The SMILES string of the molecule is C[C@@]1(c2cc(O)c(Cl)c(F)c2)C(=O)Nc2nc(-c3cn4ccnc4c(Cc4cc(F)cc(F)c4F)n3)nc(N)c21. The lowest BCUT2D eigenvalue weighted by atomic mass is 9.77. The minimum Gasteiger partial charge on any atom is -0.506 e. The number of nitrogens with one attached hydrogen (secondary N) is 1. The first-order valence-electron chi connectivity index (χ1n) is 11.6. The molecule has 0 saturated carbocycles. The van der Waals surface area contributed by atoms with E-state index in [1.165, 1.54) is 19.3 Å². The van der Waals surface area contributed by atoms with Gasteiger partial charge < -0.3 is 20.6 Å². The number of imidazole rings is 1. The number of hydrogen-bond donors (Lipinski definition) is 3. The monoisotopic (exact) mass is 569 g/mol. The van der Waals surface area contributed by atoms with Crippen molar-refractivity contribution in [1.29, 1.82) is 0 Å². The summed E-state index contributed by atoms with van der Waals surface area (Å²) in [5.41, 5.74) is 5.24. The summed E-state index contributed by atoms with van der Waals surface area (Å²) in [5, 5.41) is 12.2. The first-order chi connectivity index (χ1) is 19.0. The molecule has 9 nitrogen and oxygen atoms in total. The van der Waals surface area contributed by atoms with Gasteiger partial charge in [0.25, 0.3) is 0 Å². The molecule has 0 bridgehead atoms. The third-order valence-electron chi connectivity index (χ3n) is 6.81. The van der Waals surface area contributed by atoms with Gasteiger partial charge in [-0.15, -0.1) is 0 Å². The quantitative estimate of drug-likeness (QED) is 0.214. The predicted molar refractivity (Wildman–Crippen MR) is 136 cm³/mol. The summed E-state index contributed by atoms with van der Waals surface area (Å²) in [4.78, 5) is 30.5. The van der Waals surface area contributed by atoms with Gasteiger partial charge in [-0.2, -0.15) is 0 Å². The molecule has 40 heavy (non-hydrogen) atoms. The smallest absolute Gasteiger partial charge is 0.240 e. The van der Waals surface area contributed by atoms with Crippen molar-refractivity contribution in [1.82, 2.24) is 24.3 Å². The van der Waals surface area contributed by atoms with Gasteiger partial charge in [0.1, 0.15) is 45.2 Å². The molecule has 4 N–H and O–H groups in total. The van der Waals surface area contributed by atoms with Gasteiger partial charge in [-0.25, -0.2) is 37.5 Å². The van der Waals surface area contributed by atoms with E-state index in [9.17, 15) is 27.5 Å². The molecule has 4 heterocycles. The number of carbonyl (C=O) groups excluding carboxylic acids is 1. The first kappa shape index (κ1) is 25.5. The highest BCUT2D eigenvalue weighted by Crippen LogP contribution is 2.46. The highest BCUT2D eigenvalue weighted by Gasteiger charge is 2.48. The van der Waals surface area contributed by atoms with Crippen LogP contribution in [-0.4, -0.2) is 35.4 Å². The average Bonchev–Trinajstić information content (AvgIpc) is 3.48. The Morgan fingerprint density at radius 2 is 1.88 bits per heavy atom. The van der Waals surface area contributed by atoms with E-state index in [1.54, 1.807) is 10.6 Å². The summed E-state index contributed by atoms with van der Waals surface area (Å²) in [5.74, 6) is -5.76. The molecule has 202 valence electrons. The average molecular weight is 570 g/mol. The number of nitrogens with zero attached hydrogens (tertiary/aromatic N) is 5. The number of rotatable bonds is 4. The molecule has 1 aliphatic rings. The van der Waals surface area contributed by atoms with Crippen LogP contribution < -0.4 is 11.1 Å². The van der Waals surface area contributed by atoms with Crippen molar-refractivity contribution in [3.63, 3.8) is 0 Å². The van der Waals surface area contributed by atoms with Crippen molar-refractivity contribution in [3.8, 4) is 17.3 Å². The van der Waals surface area contributed by atoms with Crippen molar-refractivity contribution in [2.24, 2.45) is 0 Å². The number of carbonyl (C=O) groups is 1. The largest absolute Gasteiger partial charge is 0.506 e. The van der Waals surface area contributed by atoms with Gasteiger partial charge in [-0.05, 0) is 36.2 Å². The molecule has 3 aromatic heterocycles. The Hall–Kier alpha value is -4.78. The molecule has 0 fully saturated rings. The summed E-state index contributed by atoms with van der Waals surface area (Å²) in [6.45, 7) is 1.47. The molecular formula is C26H16ClF4N7O2. The molecule has 14 heteroatoms. The maximum absolute atomic E-state index is 14.4. The topological polar surface area (TPSA) is 131 Å². The van der Waals surface area contributed by atoms with Crippen LogP contribution in [0.3, 0.4) is 0 Å². The zero-order chi connectivity index (χ0) is 28.5. The Kier molecular flexibility index (Phi) is 5.66. The summed E-state index contributed by atoms with van der Waals surface area (Å²) in [6, 6.07) is 3.47. The second-order valence-corrected chi connectivity index (χ2v) is 9.67. The molecule has 5 aromatic rings. The molecule has 0 radical (unpaired) electrons. The molecule has 0 unspecified atom stereocenters. The number of aromatic nitrogens is 5. The number of benzene rings is 2. The number of anilines is 2. The number of fused-ring (bicyclic) bond motifs is 2. The predicted octanol–water partition coefficient (Wildman–Crippen LogP) is 4.53. The van der Waals surface area contributed by atoms with Gasteiger partial charge in [0.05, 0.1) is 11.3 Å². The van der Waals surface area contributed by atoms with Gasteiger partial charge in [0.15, 0.2) is 23.1 Å². The standard InChI is InChI=1S/C26H16ClF4N7O2/c1-26(11-6-13(29)19(27)17(39)7-11)18-21(32)35-22(36-23(18)37-25(26)40)16-9-38-3-2-33-24(38)15(34-16)5-10-4-12(28)8-14(30)20(10)31/h2-4,6-9,39H,5H2,1H3,(H3,32,35,36,37,40)/t26-/m0/s1. The Morgan fingerprint density at radius 1 is 1.10 bits per heavy atom. The minimum absolute atomic E-state index is 0.0252. The van der Waals surface area contributed by atoms with Crippen LogP contribution in [0.1, 0.15) is 29.3 Å². The molecule has 1 aliphatic heterocycles. The van der Waals surface area contributed by atoms with E-state index in [0.717, 1.165) is 18.2 Å². The Balaban J connectivity index is 1.47. The number of phenolic OH excluding ortho intramolecular Hbond substituents is 1. The van der Waals surface area contributed by atoms with Gasteiger partial charge in [0, 0.05) is 31.1 Å². The maximum atomic E-state index is 14.4. The summed E-state index contributed by atoms with van der Waals surface area (Å²) < 4.78 is 57.9. The number of nitrogens with two attached hydrogens (primary N) is 1. The minimum atomic E-state index is -1.58. The summed E-state index contributed by atoms with van der Waals surface area (Å²) in [7, 11) is 0. The maximum Gasteiger partial charge on any atom is 0.240 e. The van der Waals surface area contributed by atoms with Crippen LogP contribution in [0.15, 0.2) is 42.9 Å². The highest BCUT2D eigenvalue weighted by molar-refractivity contribution is 6.32. The van der Waals surface area contributed by atoms with Crippen LogP contribution in [0.2, 0.25) is 5.02 Å². The van der Waals surface area contributed by atoms with Crippen LogP contribution in [0.25, 0.3) is 17.2 Å². The van der Waals surface area contributed by atoms with E-state index >= 15 is 0 Å². The van der Waals surface area contributed by atoms with E-state index in [2.05, 4.69) is 25.3 Å². The lowest BCUT2D eigenvalue weighted by Gasteiger charge is -2.24. The van der Waals surface area contributed by atoms with Crippen molar-refractivity contribution in [2.75, 3.05) is 11.1 Å². The van der Waals surface area contributed by atoms with E-state index < -0.39 is 45.4 Å². The van der Waals surface area contributed by atoms with Gasteiger partial charge in [-0.1, -0.05) is 11.6 Å². The van der Waals surface area contributed by atoms with Crippen LogP contribution >= 0.6 is 11.6 Å². The Labute approximate surface area is 227 Å². The van der Waals surface area contributed by atoms with Crippen molar-refractivity contribution < 1.29 is 27.5 Å². The molecule has 1 atom stereocenters. The number of amides is 1. The van der Waals surface area contributed by atoms with Crippen LogP contribution in [0.5, 0.6) is 5.75 Å². The lowest BCUT2D eigenvalue weighted by molar-refractivity contribution is -0.119. The molecule has 0 saturated heterocycles. The normalized spacial score (nSPS) is 16.4. The van der Waals surface area contributed by atoms with E-state index in [4.69, 9.17) is 17.3 Å². The number of nitrogen functional groups attached to an aromatic ring is 1. The number of hydrogen-bond acceptors (Lipinski definition) is 7. The summed E-state index contributed by atoms with van der Waals surface area (Å²) in [6.07, 6.45) is 4.23. The fourth-order valence-corrected chi connectivity index (χ4v) is 4.91. The van der Waals surface area contributed by atoms with Gasteiger partial charge in [-0.3, -0.25) is 4.79 Å². The van der Waals surface area contributed by atoms with Gasteiger partial charge in [0.2, 0.25) is 5.91 Å². The molecular weight excluding hydrogens is 554 g/mol. The van der Waals surface area contributed by atoms with Crippen LogP contribution in [-0.2, 0) is 16.6 Å². The fraction of sp³-hybridized carbons (Fsp3) is 0.115. The third-order valence-corrected chi connectivity index (χ3v) is 7.18. The molecule has 2 aromatic carbocycles. The Morgan fingerprint density at radius 3 is 2.62 bits per heavy atom. The van der Waals surface area contributed by atoms with Crippen LogP contribution in [0, 0.1) is 23.3 Å². The van der Waals surface area contributed by atoms with Gasteiger partial charge >= 0.3 is 0 Å². The lowest BCUT2D eigenvalue weighted by Crippen LogP contribution is -2.33. The van der Waals surface area contributed by atoms with E-state index in [1.807, 2.05) is 0 Å². The first-order valence-corrected chi connectivity index (χ1v) is 12.0. The zero-order valence-corrected chi connectivity index (χ0v) is 21.1. The zero-order valence-electron chi connectivity index (χ0n) is 20.3. The van der Waals surface area contributed by atoms with E-state index in [0.29, 0.717) is 11.7 Å².